The highest BCUT2D eigenvalue weighted by Gasteiger charge is 2.43. The van der Waals surface area contributed by atoms with Crippen molar-refractivity contribution in [1.29, 1.82) is 0 Å². The largest absolute Gasteiger partial charge is 0.504 e. The van der Waals surface area contributed by atoms with Crippen LogP contribution in [0.3, 0.4) is 0 Å². The van der Waals surface area contributed by atoms with Crippen LogP contribution in [0.2, 0.25) is 0 Å². The number of Topliss-reactive ketones (excluding diaryl/α,β-unsaturated/α-hetero) is 1. The fourth-order valence-corrected chi connectivity index (χ4v) is 4.34. The molecule has 1 aromatic rings. The average molecular weight is 397 g/mol. The molecule has 3 rings (SSSR count). The second-order valence-corrected chi connectivity index (χ2v) is 7.89. The predicted molar refractivity (Wildman–Crippen MR) is 96.9 cm³/mol. The maximum atomic E-state index is 12.7. The van der Waals surface area contributed by atoms with Gasteiger partial charge in [0.25, 0.3) is 0 Å². The number of rotatable bonds is 5. The van der Waals surface area contributed by atoms with E-state index in [4.69, 9.17) is 20.1 Å². The monoisotopic (exact) mass is 397 g/mol. The van der Waals surface area contributed by atoms with Crippen LogP contribution in [-0.4, -0.2) is 62.6 Å². The molecule has 0 radical (unpaired) electrons. The number of aromatic hydroxyl groups is 2. The van der Waals surface area contributed by atoms with E-state index in [0.29, 0.717) is 36.6 Å². The number of phenols is 2. The van der Waals surface area contributed by atoms with Gasteiger partial charge in [-0.2, -0.15) is 0 Å². The number of benzene rings is 1. The first kappa shape index (κ1) is 20.7. The number of ether oxygens (including phenoxy) is 2. The lowest BCUT2D eigenvalue weighted by Crippen LogP contribution is -2.46. The highest BCUT2D eigenvalue weighted by molar-refractivity contribution is 5.83. The Labute approximate surface area is 162 Å². The fraction of sp³-hybridized carbons (Fsp3) is 0.632. The summed E-state index contributed by atoms with van der Waals surface area (Å²) < 4.78 is 9.65. The second-order valence-electron chi connectivity index (χ2n) is 7.89. The number of carbonyl (C=O) groups is 1. The predicted octanol–water partition coefficient (Wildman–Crippen LogP) is 0.608. The molecule has 0 spiro atoms. The van der Waals surface area contributed by atoms with E-state index in [1.807, 2.05) is 0 Å². The Morgan fingerprint density at radius 2 is 1.86 bits per heavy atom. The van der Waals surface area contributed by atoms with Crippen molar-refractivity contribution in [3.05, 3.63) is 11.1 Å². The first-order valence-electron chi connectivity index (χ1n) is 9.31. The molecule has 1 saturated heterocycles. The number of nitrogens with zero attached hydrogens (tertiary/aromatic N) is 1. The Morgan fingerprint density at radius 3 is 2.43 bits per heavy atom. The van der Waals surface area contributed by atoms with Crippen molar-refractivity contribution in [2.75, 3.05) is 20.2 Å². The van der Waals surface area contributed by atoms with E-state index >= 15 is 0 Å². The first-order valence-corrected chi connectivity index (χ1v) is 9.31. The van der Waals surface area contributed by atoms with Gasteiger partial charge in [-0.3, -0.25) is 9.69 Å². The van der Waals surface area contributed by atoms with E-state index < -0.39 is 23.7 Å². The molecule has 156 valence electrons. The Hall–Kier alpha value is -2.07. The number of piperidine rings is 1. The summed E-state index contributed by atoms with van der Waals surface area (Å²) in [6.45, 7) is 5.28. The van der Waals surface area contributed by atoms with Gasteiger partial charge in [0.05, 0.1) is 7.11 Å². The molecule has 1 fully saturated rings. The molecule has 0 aliphatic carbocycles. The van der Waals surface area contributed by atoms with E-state index in [1.165, 1.54) is 7.11 Å². The molecule has 2 aliphatic rings. The van der Waals surface area contributed by atoms with Crippen molar-refractivity contribution in [3.8, 4) is 23.0 Å². The minimum absolute atomic E-state index is 0.0585. The van der Waals surface area contributed by atoms with Gasteiger partial charge in [-0.05, 0) is 18.8 Å². The topological polar surface area (TPSA) is 140 Å². The summed E-state index contributed by atoms with van der Waals surface area (Å²) in [6, 6.07) is -0.421. The highest BCUT2D eigenvalue weighted by Crippen LogP contribution is 2.54. The summed E-state index contributed by atoms with van der Waals surface area (Å²) in [5, 5.41) is 48.7. The third kappa shape index (κ3) is 3.75. The quantitative estimate of drug-likeness (QED) is 0.357. The summed E-state index contributed by atoms with van der Waals surface area (Å²) in [5.41, 5.74) is 0.692. The lowest BCUT2D eigenvalue weighted by Gasteiger charge is -2.43. The second kappa shape index (κ2) is 7.40. The molecular formula is C19H27NO8. The third-order valence-electron chi connectivity index (χ3n) is 5.43. The zero-order valence-corrected chi connectivity index (χ0v) is 16.2. The van der Waals surface area contributed by atoms with Crippen LogP contribution >= 0.6 is 0 Å². The number of hydrogen-bond acceptors (Lipinski definition) is 9. The minimum atomic E-state index is -3.56. The van der Waals surface area contributed by atoms with Crippen molar-refractivity contribution in [3.63, 3.8) is 0 Å². The fourth-order valence-electron chi connectivity index (χ4n) is 4.34. The van der Waals surface area contributed by atoms with Crippen molar-refractivity contribution in [2.24, 2.45) is 11.8 Å². The summed E-state index contributed by atoms with van der Waals surface area (Å²) in [4.78, 5) is 14.8. The van der Waals surface area contributed by atoms with Gasteiger partial charge >= 0.3 is 6.16 Å². The van der Waals surface area contributed by atoms with Crippen LogP contribution in [0.4, 0.5) is 0 Å². The summed E-state index contributed by atoms with van der Waals surface area (Å²) >= 11 is 0. The zero-order valence-electron chi connectivity index (χ0n) is 16.2. The van der Waals surface area contributed by atoms with E-state index in [1.54, 1.807) is 0 Å². The van der Waals surface area contributed by atoms with Gasteiger partial charge in [0.15, 0.2) is 11.5 Å². The number of fused-ring (bicyclic) bond motifs is 3. The Bertz CT molecular complexity index is 770. The van der Waals surface area contributed by atoms with Gasteiger partial charge in [0, 0.05) is 42.6 Å². The van der Waals surface area contributed by atoms with Gasteiger partial charge in [-0.25, -0.2) is 0 Å². The summed E-state index contributed by atoms with van der Waals surface area (Å²) in [5.74, 6) is -1.31. The molecule has 9 heteroatoms. The van der Waals surface area contributed by atoms with E-state index in [2.05, 4.69) is 23.5 Å². The Morgan fingerprint density at radius 1 is 1.18 bits per heavy atom. The van der Waals surface area contributed by atoms with Crippen LogP contribution in [0.1, 0.15) is 43.9 Å². The average Bonchev–Trinajstić information content (AvgIpc) is 2.58. The number of carbonyl (C=O) groups excluding carboxylic acids is 1. The molecule has 2 atom stereocenters. The molecule has 0 amide bonds. The summed E-state index contributed by atoms with van der Waals surface area (Å²) in [6.07, 6.45) is -2.21. The third-order valence-corrected chi connectivity index (χ3v) is 5.43. The van der Waals surface area contributed by atoms with Crippen molar-refractivity contribution < 1.29 is 39.8 Å². The van der Waals surface area contributed by atoms with E-state index in [-0.39, 0.29) is 29.6 Å². The molecule has 5 N–H and O–H groups in total. The van der Waals surface area contributed by atoms with E-state index in [0.717, 1.165) is 6.42 Å². The lowest BCUT2D eigenvalue weighted by molar-refractivity contribution is -0.420. The van der Waals surface area contributed by atoms with Gasteiger partial charge in [0.1, 0.15) is 5.78 Å². The first-order chi connectivity index (χ1) is 13.0. The minimum Gasteiger partial charge on any atom is -0.504 e. The maximum Gasteiger partial charge on any atom is 0.453 e. The van der Waals surface area contributed by atoms with Gasteiger partial charge in [0.2, 0.25) is 11.5 Å². The Kier molecular flexibility index (Phi) is 5.46. The molecule has 2 unspecified atom stereocenters. The number of hydrogen-bond donors (Lipinski definition) is 5. The molecule has 28 heavy (non-hydrogen) atoms. The molecule has 0 aromatic heterocycles. The van der Waals surface area contributed by atoms with E-state index in [9.17, 15) is 15.0 Å². The SMILES string of the molecule is COc1c(O)c2c(c(O)c1OC(O)(O)O)CCN1CC(CC(C)C)C(=O)CC21. The molecule has 0 bridgehead atoms. The molecule has 0 saturated carbocycles. The van der Waals surface area contributed by atoms with Crippen LogP contribution in [0.15, 0.2) is 0 Å². The van der Waals surface area contributed by atoms with Crippen LogP contribution in [0.25, 0.3) is 0 Å². The lowest BCUT2D eigenvalue weighted by atomic mass is 9.79. The molecular weight excluding hydrogens is 370 g/mol. The molecule has 2 aliphatic heterocycles. The summed E-state index contributed by atoms with van der Waals surface area (Å²) in [7, 11) is 1.20. The maximum absolute atomic E-state index is 12.7. The number of methoxy groups -OCH3 is 1. The normalized spacial score (nSPS) is 22.8. The zero-order chi connectivity index (χ0) is 20.8. The van der Waals surface area contributed by atoms with Gasteiger partial charge < -0.3 is 35.0 Å². The van der Waals surface area contributed by atoms with Crippen LogP contribution in [0, 0.1) is 11.8 Å². The molecule has 9 nitrogen and oxygen atoms in total. The number of phenolic OH excluding ortho intramolecular Hbond substituents is 2. The highest BCUT2D eigenvalue weighted by atomic mass is 16.9. The van der Waals surface area contributed by atoms with Gasteiger partial charge in [-0.1, -0.05) is 13.8 Å². The number of aliphatic hydroxyl groups is 3. The smallest absolute Gasteiger partial charge is 0.453 e. The van der Waals surface area contributed by atoms with Crippen molar-refractivity contribution in [2.45, 2.75) is 45.3 Å². The Balaban J connectivity index is 2.03. The number of ketones is 1. The van der Waals surface area contributed by atoms with Crippen LogP contribution < -0.4 is 9.47 Å². The van der Waals surface area contributed by atoms with Crippen molar-refractivity contribution in [1.82, 2.24) is 4.90 Å². The molecule has 2 heterocycles. The van der Waals surface area contributed by atoms with Crippen molar-refractivity contribution >= 4 is 5.78 Å². The van der Waals surface area contributed by atoms with Crippen LogP contribution in [0.5, 0.6) is 23.0 Å². The molecule has 1 aromatic carbocycles. The van der Waals surface area contributed by atoms with Gasteiger partial charge in [-0.15, -0.1) is 0 Å². The van der Waals surface area contributed by atoms with Crippen LogP contribution in [-0.2, 0) is 11.2 Å². The standard InChI is InChI=1S/C19H27NO8/c1-9(2)6-10-8-20-5-4-11-14(12(20)7-13(10)21)16(23)17(27-3)18(15(11)22)28-19(24,25)26/h9-10,12,22-26H,4-8H2,1-3H3.